The van der Waals surface area contributed by atoms with Crippen molar-refractivity contribution in [2.75, 3.05) is 12.8 Å². The molecule has 5 nitrogen and oxygen atoms in total. The number of nitrogens with two attached hydrogens (primary N) is 1. The van der Waals surface area contributed by atoms with Crippen LogP contribution in [0.25, 0.3) is 10.6 Å². The van der Waals surface area contributed by atoms with Crippen molar-refractivity contribution >= 4 is 16.5 Å². The number of rotatable bonds is 3. The number of hydrogen-bond donors (Lipinski definition) is 1. The summed E-state index contributed by atoms with van der Waals surface area (Å²) >= 11 is 1.43. The smallest absolute Gasteiger partial charge is 0.180 e. The van der Waals surface area contributed by atoms with Gasteiger partial charge in [-0.15, -0.1) is 0 Å². The van der Waals surface area contributed by atoms with Crippen molar-refractivity contribution in [3.63, 3.8) is 0 Å². The zero-order valence-corrected chi connectivity index (χ0v) is 10.3. The highest BCUT2D eigenvalue weighted by atomic mass is 32.1. The second-order valence-corrected chi connectivity index (χ2v) is 4.72. The molecular formula is C10H14N4OS. The number of methoxy groups -OCH3 is 1. The second-order valence-electron chi connectivity index (χ2n) is 3.66. The van der Waals surface area contributed by atoms with E-state index < -0.39 is 0 Å². The predicted molar refractivity (Wildman–Crippen MR) is 64.7 cm³/mol. The van der Waals surface area contributed by atoms with Crippen LogP contribution in [-0.4, -0.2) is 21.9 Å². The lowest BCUT2D eigenvalue weighted by molar-refractivity contribution is 0.415. The van der Waals surface area contributed by atoms with Crippen molar-refractivity contribution in [3.8, 4) is 16.3 Å². The zero-order chi connectivity index (χ0) is 11.7. The van der Waals surface area contributed by atoms with Gasteiger partial charge in [0.25, 0.3) is 0 Å². The summed E-state index contributed by atoms with van der Waals surface area (Å²) in [5.41, 5.74) is 6.58. The summed E-state index contributed by atoms with van der Waals surface area (Å²) in [6.07, 6.45) is 3.46. The van der Waals surface area contributed by atoms with Crippen molar-refractivity contribution in [1.82, 2.24) is 14.8 Å². The van der Waals surface area contributed by atoms with Crippen molar-refractivity contribution in [1.29, 1.82) is 0 Å². The van der Waals surface area contributed by atoms with Crippen molar-refractivity contribution in [2.45, 2.75) is 19.9 Å². The minimum Gasteiger partial charge on any atom is -0.493 e. The summed E-state index contributed by atoms with van der Waals surface area (Å²) < 4.78 is 7.20. The summed E-state index contributed by atoms with van der Waals surface area (Å²) in [5.74, 6) is 0.748. The van der Waals surface area contributed by atoms with Crippen LogP contribution in [0.5, 0.6) is 5.75 Å². The molecule has 86 valence electrons. The van der Waals surface area contributed by atoms with E-state index >= 15 is 0 Å². The van der Waals surface area contributed by atoms with E-state index in [1.807, 2.05) is 4.68 Å². The van der Waals surface area contributed by atoms with Gasteiger partial charge in [-0.2, -0.15) is 5.10 Å². The number of anilines is 1. The molecule has 0 saturated carbocycles. The molecule has 0 spiro atoms. The summed E-state index contributed by atoms with van der Waals surface area (Å²) in [5, 5.41) is 4.85. The fourth-order valence-electron chi connectivity index (χ4n) is 1.52. The van der Waals surface area contributed by atoms with Gasteiger partial charge in [-0.1, -0.05) is 11.3 Å². The normalized spacial score (nSPS) is 11.0. The summed E-state index contributed by atoms with van der Waals surface area (Å²) in [7, 11) is 1.63. The zero-order valence-electron chi connectivity index (χ0n) is 9.47. The Morgan fingerprint density at radius 2 is 2.19 bits per heavy atom. The number of hydrogen-bond acceptors (Lipinski definition) is 5. The highest BCUT2D eigenvalue weighted by Gasteiger charge is 2.17. The highest BCUT2D eigenvalue weighted by molar-refractivity contribution is 7.18. The number of nitrogens with zero attached hydrogens (tertiary/aromatic N) is 3. The summed E-state index contributed by atoms with van der Waals surface area (Å²) in [4.78, 5) is 5.02. The molecule has 0 aliphatic rings. The minimum absolute atomic E-state index is 0.266. The van der Waals surface area contributed by atoms with Crippen LogP contribution in [-0.2, 0) is 0 Å². The molecular weight excluding hydrogens is 224 g/mol. The van der Waals surface area contributed by atoms with Crippen LogP contribution in [0.4, 0.5) is 5.13 Å². The SMILES string of the molecule is COc1cnn(C(C)C)c1-c1cnc(N)s1. The molecule has 0 unspecified atom stereocenters. The van der Waals surface area contributed by atoms with Crippen LogP contribution in [0.1, 0.15) is 19.9 Å². The maximum absolute atomic E-state index is 5.64. The molecule has 0 bridgehead atoms. The molecule has 2 aromatic heterocycles. The molecule has 2 rings (SSSR count). The average molecular weight is 238 g/mol. The van der Waals surface area contributed by atoms with Gasteiger partial charge in [0.15, 0.2) is 10.9 Å². The van der Waals surface area contributed by atoms with Crippen molar-refractivity contribution in [3.05, 3.63) is 12.4 Å². The molecule has 0 fully saturated rings. The number of ether oxygens (including phenoxy) is 1. The summed E-state index contributed by atoms with van der Waals surface area (Å²) in [6.45, 7) is 4.14. The Bertz CT molecular complexity index is 489. The molecule has 2 heterocycles. The predicted octanol–water partition coefficient (Wildman–Crippen LogP) is 2.18. The fourth-order valence-corrected chi connectivity index (χ4v) is 2.25. The van der Waals surface area contributed by atoms with E-state index in [0.717, 1.165) is 16.3 Å². The first-order valence-corrected chi connectivity index (χ1v) is 5.78. The van der Waals surface area contributed by atoms with Crippen LogP contribution >= 0.6 is 11.3 Å². The third-order valence-corrected chi connectivity index (χ3v) is 3.06. The van der Waals surface area contributed by atoms with Gasteiger partial charge in [0.1, 0.15) is 5.69 Å². The Morgan fingerprint density at radius 1 is 1.44 bits per heavy atom. The van der Waals surface area contributed by atoms with Crippen LogP contribution < -0.4 is 10.5 Å². The number of thiazole rings is 1. The third-order valence-electron chi connectivity index (χ3n) is 2.23. The van der Waals surface area contributed by atoms with Crippen LogP contribution in [0.3, 0.4) is 0 Å². The standard InChI is InChI=1S/C10H14N4OS/c1-6(2)14-9(7(15-3)4-13-14)8-5-12-10(11)16-8/h4-6H,1-3H3,(H2,11,12). The van der Waals surface area contributed by atoms with E-state index in [9.17, 15) is 0 Å². The van der Waals surface area contributed by atoms with E-state index in [1.54, 1.807) is 19.5 Å². The molecule has 0 saturated heterocycles. The molecule has 0 radical (unpaired) electrons. The Kier molecular flexibility index (Phi) is 2.82. The Labute approximate surface area is 97.9 Å². The molecule has 6 heteroatoms. The van der Waals surface area contributed by atoms with Gasteiger partial charge in [-0.05, 0) is 13.8 Å². The maximum Gasteiger partial charge on any atom is 0.180 e. The van der Waals surface area contributed by atoms with Gasteiger partial charge >= 0.3 is 0 Å². The molecule has 0 aromatic carbocycles. The lowest BCUT2D eigenvalue weighted by Gasteiger charge is -2.10. The van der Waals surface area contributed by atoms with Gasteiger partial charge in [-0.3, -0.25) is 4.68 Å². The molecule has 0 aliphatic heterocycles. The maximum atomic E-state index is 5.64. The topological polar surface area (TPSA) is 66.0 Å². The van der Waals surface area contributed by atoms with Crippen LogP contribution in [0.15, 0.2) is 12.4 Å². The Morgan fingerprint density at radius 3 is 2.69 bits per heavy atom. The lowest BCUT2D eigenvalue weighted by Crippen LogP contribution is -2.04. The lowest BCUT2D eigenvalue weighted by atomic mass is 10.3. The molecule has 0 amide bonds. The van der Waals surface area contributed by atoms with Crippen LogP contribution in [0.2, 0.25) is 0 Å². The van der Waals surface area contributed by atoms with E-state index in [4.69, 9.17) is 10.5 Å². The Balaban J connectivity index is 2.56. The number of nitrogen functional groups attached to an aromatic ring is 1. The minimum atomic E-state index is 0.266. The van der Waals surface area contributed by atoms with E-state index in [2.05, 4.69) is 23.9 Å². The molecule has 2 N–H and O–H groups in total. The Hall–Kier alpha value is -1.56. The van der Waals surface area contributed by atoms with Crippen molar-refractivity contribution < 1.29 is 4.74 Å². The number of aromatic nitrogens is 3. The molecule has 2 aromatic rings. The van der Waals surface area contributed by atoms with Gasteiger partial charge in [0.05, 0.1) is 18.2 Å². The summed E-state index contributed by atoms with van der Waals surface area (Å²) in [6, 6.07) is 0.266. The monoisotopic (exact) mass is 238 g/mol. The van der Waals surface area contributed by atoms with E-state index in [1.165, 1.54) is 11.3 Å². The van der Waals surface area contributed by atoms with Gasteiger partial charge in [-0.25, -0.2) is 4.98 Å². The van der Waals surface area contributed by atoms with E-state index in [-0.39, 0.29) is 6.04 Å². The fraction of sp³-hybridized carbons (Fsp3) is 0.400. The third kappa shape index (κ3) is 1.76. The first-order valence-electron chi connectivity index (χ1n) is 4.96. The van der Waals surface area contributed by atoms with E-state index in [0.29, 0.717) is 5.13 Å². The van der Waals surface area contributed by atoms with Crippen molar-refractivity contribution in [2.24, 2.45) is 0 Å². The quantitative estimate of drug-likeness (QED) is 0.890. The molecule has 16 heavy (non-hydrogen) atoms. The first-order chi connectivity index (χ1) is 7.63. The largest absolute Gasteiger partial charge is 0.493 e. The highest BCUT2D eigenvalue weighted by Crippen LogP contribution is 2.35. The average Bonchev–Trinajstić information content (AvgIpc) is 2.82. The molecule has 0 atom stereocenters. The van der Waals surface area contributed by atoms with Crippen LogP contribution in [0, 0.1) is 0 Å². The second kappa shape index (κ2) is 4.13. The first kappa shape index (κ1) is 10.9. The molecule has 0 aliphatic carbocycles. The van der Waals surface area contributed by atoms with Gasteiger partial charge in [0.2, 0.25) is 0 Å². The van der Waals surface area contributed by atoms with Gasteiger partial charge < -0.3 is 10.5 Å². The van der Waals surface area contributed by atoms with Gasteiger partial charge in [0, 0.05) is 12.2 Å².